The summed E-state index contributed by atoms with van der Waals surface area (Å²) in [7, 11) is 0. The van der Waals surface area contributed by atoms with Crippen LogP contribution in [0.25, 0.3) is 10.1 Å². The van der Waals surface area contributed by atoms with E-state index in [4.69, 9.17) is 16.0 Å². The molecule has 5 rings (SSSR count). The summed E-state index contributed by atoms with van der Waals surface area (Å²) in [6, 6.07) is 11.2. The Morgan fingerprint density at radius 3 is 2.73 bits per heavy atom. The van der Waals surface area contributed by atoms with Crippen molar-refractivity contribution in [2.75, 3.05) is 5.32 Å². The van der Waals surface area contributed by atoms with Gasteiger partial charge in [0.15, 0.2) is 5.82 Å². The minimum atomic E-state index is -0.689. The lowest BCUT2D eigenvalue weighted by Crippen LogP contribution is -2.28. The molecule has 0 unspecified atom stereocenters. The number of hydrogen-bond acceptors (Lipinski definition) is 8. The van der Waals surface area contributed by atoms with Crippen molar-refractivity contribution in [3.8, 4) is 0 Å². The first kappa shape index (κ1) is 27.2. The van der Waals surface area contributed by atoms with E-state index in [0.29, 0.717) is 10.9 Å². The molecule has 1 atom stereocenters. The number of rotatable bonds is 9. The van der Waals surface area contributed by atoms with E-state index < -0.39 is 23.5 Å². The number of carbonyl (C=O) groups is 3. The van der Waals surface area contributed by atoms with Gasteiger partial charge >= 0.3 is 0 Å². The normalized spacial score (nSPS) is 11.9. The molecule has 10 nitrogen and oxygen atoms in total. The van der Waals surface area contributed by atoms with Crippen LogP contribution in [0.3, 0.4) is 0 Å². The standard InChI is InChI=1S/C27H22ClFN6O4S/c1-14(36)13-35-23(15(2)18-11-16(29)7-8-19(18)28)24(32-25(35)27(38)31-12-21-30-9-10-39-21)33-26(37)22-17-5-3-4-6-20(17)40-34-22/h3-11,15H,12-13H2,1-2H3,(H,31,38)(H,33,37)/t15-/m0/s1. The first-order valence-electron chi connectivity index (χ1n) is 12.1. The zero-order valence-electron chi connectivity index (χ0n) is 21.3. The zero-order chi connectivity index (χ0) is 28.4. The van der Waals surface area contributed by atoms with Crippen molar-refractivity contribution in [2.24, 2.45) is 0 Å². The summed E-state index contributed by atoms with van der Waals surface area (Å²) in [4.78, 5) is 47.5. The van der Waals surface area contributed by atoms with Gasteiger partial charge < -0.3 is 19.6 Å². The van der Waals surface area contributed by atoms with Crippen molar-refractivity contribution >= 4 is 56.6 Å². The molecule has 0 aliphatic carbocycles. The van der Waals surface area contributed by atoms with Gasteiger partial charge in [0.2, 0.25) is 11.7 Å². The van der Waals surface area contributed by atoms with Crippen molar-refractivity contribution in [3.05, 3.63) is 94.4 Å². The number of amides is 2. The first-order chi connectivity index (χ1) is 19.2. The highest BCUT2D eigenvalue weighted by Gasteiger charge is 2.30. The molecule has 5 aromatic rings. The lowest BCUT2D eigenvalue weighted by atomic mass is 9.96. The van der Waals surface area contributed by atoms with Gasteiger partial charge in [-0.05, 0) is 48.3 Å². The van der Waals surface area contributed by atoms with Crippen LogP contribution in [0.1, 0.15) is 58.0 Å². The van der Waals surface area contributed by atoms with Crippen LogP contribution in [-0.4, -0.2) is 36.5 Å². The van der Waals surface area contributed by atoms with E-state index >= 15 is 0 Å². The second-order valence-corrected chi connectivity index (χ2v) is 10.1. The van der Waals surface area contributed by atoms with Gasteiger partial charge in [0.1, 0.15) is 23.6 Å². The average molecular weight is 581 g/mol. The summed E-state index contributed by atoms with van der Waals surface area (Å²) < 4.78 is 25.9. The van der Waals surface area contributed by atoms with Crippen molar-refractivity contribution in [1.29, 1.82) is 0 Å². The Hall–Kier alpha value is -4.42. The van der Waals surface area contributed by atoms with Crippen LogP contribution < -0.4 is 10.6 Å². The number of aromatic nitrogens is 4. The second-order valence-electron chi connectivity index (χ2n) is 8.93. The molecule has 3 aromatic heterocycles. The maximum atomic E-state index is 14.3. The van der Waals surface area contributed by atoms with E-state index in [9.17, 15) is 18.8 Å². The Kier molecular flexibility index (Phi) is 7.71. The molecule has 0 aliphatic heterocycles. The quantitative estimate of drug-likeness (QED) is 0.245. The van der Waals surface area contributed by atoms with Gasteiger partial charge in [0, 0.05) is 16.3 Å². The van der Waals surface area contributed by atoms with Crippen LogP contribution in [0.2, 0.25) is 5.02 Å². The molecule has 2 N–H and O–H groups in total. The molecule has 40 heavy (non-hydrogen) atoms. The Labute approximate surface area is 236 Å². The topological polar surface area (TPSA) is 132 Å². The molecule has 0 fully saturated rings. The van der Waals surface area contributed by atoms with Gasteiger partial charge in [-0.1, -0.05) is 36.7 Å². The third kappa shape index (κ3) is 5.49. The average Bonchev–Trinajstić information content (AvgIpc) is 3.67. The van der Waals surface area contributed by atoms with Gasteiger partial charge in [0.05, 0.1) is 29.7 Å². The largest absolute Gasteiger partial charge is 0.447 e. The van der Waals surface area contributed by atoms with Crippen LogP contribution in [0.15, 0.2) is 59.3 Å². The number of halogens is 2. The predicted molar refractivity (Wildman–Crippen MR) is 147 cm³/mol. The zero-order valence-corrected chi connectivity index (χ0v) is 22.8. The highest BCUT2D eigenvalue weighted by molar-refractivity contribution is 7.13. The highest BCUT2D eigenvalue weighted by Crippen LogP contribution is 2.36. The smallest absolute Gasteiger partial charge is 0.287 e. The Bertz CT molecular complexity index is 1730. The highest BCUT2D eigenvalue weighted by atomic mass is 35.5. The molecule has 2 amide bonds. The van der Waals surface area contributed by atoms with Crippen LogP contribution in [0.4, 0.5) is 10.2 Å². The molecule has 0 spiro atoms. The number of oxazole rings is 1. The summed E-state index contributed by atoms with van der Waals surface area (Å²) in [5, 5.41) is 6.34. The van der Waals surface area contributed by atoms with Gasteiger partial charge in [-0.3, -0.25) is 14.4 Å². The van der Waals surface area contributed by atoms with Crippen molar-refractivity contribution in [2.45, 2.75) is 32.9 Å². The van der Waals surface area contributed by atoms with E-state index in [1.165, 1.54) is 53.7 Å². The molecule has 0 aliphatic rings. The van der Waals surface area contributed by atoms with Gasteiger partial charge in [-0.25, -0.2) is 14.4 Å². The van der Waals surface area contributed by atoms with E-state index in [-0.39, 0.29) is 52.8 Å². The third-order valence-electron chi connectivity index (χ3n) is 6.13. The maximum absolute atomic E-state index is 14.3. The third-order valence-corrected chi connectivity index (χ3v) is 7.30. The monoisotopic (exact) mass is 580 g/mol. The number of benzene rings is 2. The number of Topliss-reactive ketones (excluding diaryl/α,β-unsaturated/α-hetero) is 1. The fraction of sp³-hybridized carbons (Fsp3) is 0.185. The molecule has 0 radical (unpaired) electrons. The number of nitrogens with one attached hydrogen (secondary N) is 2. The van der Waals surface area contributed by atoms with E-state index in [2.05, 4.69) is 25.0 Å². The van der Waals surface area contributed by atoms with Gasteiger partial charge in [-0.15, -0.1) is 0 Å². The van der Waals surface area contributed by atoms with Gasteiger partial charge in [0.25, 0.3) is 11.8 Å². The van der Waals surface area contributed by atoms with E-state index in [1.54, 1.807) is 19.1 Å². The predicted octanol–water partition coefficient (Wildman–Crippen LogP) is 5.20. The number of imidazole rings is 1. The fourth-order valence-electron chi connectivity index (χ4n) is 4.34. The molecule has 0 bridgehead atoms. The molecule has 204 valence electrons. The molecule has 0 saturated heterocycles. The second kappa shape index (κ2) is 11.4. The van der Waals surface area contributed by atoms with Crippen LogP contribution in [0.5, 0.6) is 0 Å². The molecular formula is C27H22ClFN6O4S. The van der Waals surface area contributed by atoms with Crippen molar-refractivity contribution < 1.29 is 23.2 Å². The number of ketones is 1. The number of anilines is 1. The summed E-state index contributed by atoms with van der Waals surface area (Å²) in [6.45, 7) is 2.80. The number of nitrogens with zero attached hydrogens (tertiary/aromatic N) is 4. The Morgan fingerprint density at radius 1 is 1.18 bits per heavy atom. The molecule has 3 heterocycles. The summed E-state index contributed by atoms with van der Waals surface area (Å²) in [5.41, 5.74) is 0.851. The molecular weight excluding hydrogens is 559 g/mol. The lowest BCUT2D eigenvalue weighted by Gasteiger charge is -2.19. The maximum Gasteiger partial charge on any atom is 0.287 e. The lowest BCUT2D eigenvalue weighted by molar-refractivity contribution is -0.117. The molecule has 0 saturated carbocycles. The SMILES string of the molecule is CC(=O)Cn1c(C(=O)NCc2ncco2)nc(NC(=O)c2nsc3ccccc23)c1[C@@H](C)c1cc(F)ccc1Cl. The number of fused-ring (bicyclic) bond motifs is 1. The molecule has 2 aromatic carbocycles. The van der Waals surface area contributed by atoms with Crippen LogP contribution in [-0.2, 0) is 17.9 Å². The summed E-state index contributed by atoms with van der Waals surface area (Å²) in [6.07, 6.45) is 2.81. The summed E-state index contributed by atoms with van der Waals surface area (Å²) in [5.74, 6) is -2.55. The Balaban J connectivity index is 1.61. The number of hydrogen-bond donors (Lipinski definition) is 2. The van der Waals surface area contributed by atoms with Crippen molar-refractivity contribution in [3.63, 3.8) is 0 Å². The van der Waals surface area contributed by atoms with E-state index in [0.717, 1.165) is 4.70 Å². The summed E-state index contributed by atoms with van der Waals surface area (Å²) >= 11 is 7.60. The van der Waals surface area contributed by atoms with Crippen molar-refractivity contribution in [1.82, 2.24) is 24.2 Å². The van der Waals surface area contributed by atoms with Gasteiger partial charge in [-0.2, -0.15) is 4.37 Å². The van der Waals surface area contributed by atoms with E-state index in [1.807, 2.05) is 12.1 Å². The number of carbonyl (C=O) groups excluding carboxylic acids is 3. The Morgan fingerprint density at radius 2 is 1.98 bits per heavy atom. The fourth-order valence-corrected chi connectivity index (χ4v) is 5.39. The first-order valence-corrected chi connectivity index (χ1v) is 13.2. The van der Waals surface area contributed by atoms with Crippen LogP contribution >= 0.6 is 23.1 Å². The molecule has 13 heteroatoms. The van der Waals surface area contributed by atoms with Crippen LogP contribution in [0, 0.1) is 5.82 Å². The minimum absolute atomic E-state index is 0.0115. The minimum Gasteiger partial charge on any atom is -0.447 e.